The van der Waals surface area contributed by atoms with Crippen LogP contribution < -0.4 is 5.32 Å². The van der Waals surface area contributed by atoms with Gasteiger partial charge in [-0.2, -0.15) is 0 Å². The summed E-state index contributed by atoms with van der Waals surface area (Å²) in [5, 5.41) is 2.58. The van der Waals surface area contributed by atoms with Gasteiger partial charge in [-0.3, -0.25) is 4.79 Å². The Labute approximate surface area is 123 Å². The van der Waals surface area contributed by atoms with Crippen LogP contribution in [-0.4, -0.2) is 12.2 Å². The van der Waals surface area contributed by atoms with Crippen LogP contribution >= 0.6 is 27.7 Å². The van der Waals surface area contributed by atoms with Crippen LogP contribution in [0.3, 0.4) is 0 Å². The van der Waals surface area contributed by atoms with Gasteiger partial charge in [0, 0.05) is 9.37 Å². The fourth-order valence-electron chi connectivity index (χ4n) is 1.61. The van der Waals surface area contributed by atoms with Crippen LogP contribution in [0.25, 0.3) is 0 Å². The fraction of sp³-hybridized carbons (Fsp3) is 0.0714. The molecule has 0 atom stereocenters. The number of rotatable bonds is 3. The molecule has 2 rings (SSSR count). The zero-order valence-electron chi connectivity index (χ0n) is 10.1. The van der Waals surface area contributed by atoms with Gasteiger partial charge < -0.3 is 5.32 Å². The molecule has 0 spiro atoms. The molecule has 1 amide bonds. The van der Waals surface area contributed by atoms with E-state index in [1.165, 1.54) is 23.9 Å². The Morgan fingerprint density at radius 3 is 2.68 bits per heavy atom. The minimum Gasteiger partial charge on any atom is -0.319 e. The third kappa shape index (κ3) is 3.36. The van der Waals surface area contributed by atoms with Crippen LogP contribution in [0.1, 0.15) is 10.4 Å². The van der Waals surface area contributed by atoms with E-state index < -0.39 is 5.82 Å². The average molecular weight is 340 g/mol. The molecule has 0 bridgehead atoms. The van der Waals surface area contributed by atoms with Crippen LogP contribution in [0.15, 0.2) is 51.8 Å². The SMILES string of the molecule is CSc1ccccc1C(=O)Nc1ccc(Br)cc1F. The highest BCUT2D eigenvalue weighted by Gasteiger charge is 2.12. The van der Waals surface area contributed by atoms with Crippen molar-refractivity contribution in [3.05, 3.63) is 58.3 Å². The maximum Gasteiger partial charge on any atom is 0.256 e. The zero-order valence-corrected chi connectivity index (χ0v) is 12.5. The monoisotopic (exact) mass is 339 g/mol. The van der Waals surface area contributed by atoms with Gasteiger partial charge in [-0.25, -0.2) is 4.39 Å². The van der Waals surface area contributed by atoms with Crippen molar-refractivity contribution in [2.24, 2.45) is 0 Å². The van der Waals surface area contributed by atoms with Gasteiger partial charge in [-0.1, -0.05) is 28.1 Å². The van der Waals surface area contributed by atoms with Gasteiger partial charge in [0.05, 0.1) is 11.3 Å². The van der Waals surface area contributed by atoms with E-state index in [0.29, 0.717) is 10.0 Å². The Morgan fingerprint density at radius 2 is 2.00 bits per heavy atom. The minimum absolute atomic E-state index is 0.170. The highest BCUT2D eigenvalue weighted by atomic mass is 79.9. The van der Waals surface area contributed by atoms with Gasteiger partial charge in [0.15, 0.2) is 0 Å². The van der Waals surface area contributed by atoms with Crippen LogP contribution in [0.2, 0.25) is 0 Å². The molecule has 0 aliphatic heterocycles. The maximum atomic E-state index is 13.7. The lowest BCUT2D eigenvalue weighted by Crippen LogP contribution is -2.13. The van der Waals surface area contributed by atoms with E-state index in [2.05, 4.69) is 21.2 Å². The molecule has 0 fully saturated rings. The van der Waals surface area contributed by atoms with Gasteiger partial charge in [0.25, 0.3) is 5.91 Å². The van der Waals surface area contributed by atoms with Crippen molar-refractivity contribution in [2.75, 3.05) is 11.6 Å². The van der Waals surface area contributed by atoms with Gasteiger partial charge in [-0.05, 0) is 36.6 Å². The normalized spacial score (nSPS) is 10.3. The summed E-state index contributed by atoms with van der Waals surface area (Å²) in [5.41, 5.74) is 0.710. The van der Waals surface area contributed by atoms with Crippen LogP contribution in [0.5, 0.6) is 0 Å². The number of benzene rings is 2. The summed E-state index contributed by atoms with van der Waals surface area (Å²) >= 11 is 4.65. The Hall–Kier alpha value is -1.33. The summed E-state index contributed by atoms with van der Waals surface area (Å²) in [6.07, 6.45) is 1.90. The highest BCUT2D eigenvalue weighted by molar-refractivity contribution is 9.10. The average Bonchev–Trinajstić information content (AvgIpc) is 2.41. The number of carbonyl (C=O) groups is 1. The van der Waals surface area contributed by atoms with E-state index in [0.717, 1.165) is 4.90 Å². The van der Waals surface area contributed by atoms with Crippen LogP contribution in [0.4, 0.5) is 10.1 Å². The quantitative estimate of drug-likeness (QED) is 0.830. The second-order valence-electron chi connectivity index (χ2n) is 3.78. The number of hydrogen-bond donors (Lipinski definition) is 1. The molecular weight excluding hydrogens is 329 g/mol. The predicted octanol–water partition coefficient (Wildman–Crippen LogP) is 4.56. The third-order valence-electron chi connectivity index (χ3n) is 2.53. The number of halogens is 2. The van der Waals surface area contributed by atoms with Crippen LogP contribution in [-0.2, 0) is 0 Å². The lowest BCUT2D eigenvalue weighted by Gasteiger charge is -2.09. The number of thioether (sulfide) groups is 1. The lowest BCUT2D eigenvalue weighted by atomic mass is 10.2. The molecule has 19 heavy (non-hydrogen) atoms. The minimum atomic E-state index is -0.468. The first-order valence-electron chi connectivity index (χ1n) is 5.51. The van der Waals surface area contributed by atoms with E-state index >= 15 is 0 Å². The van der Waals surface area contributed by atoms with Crippen molar-refractivity contribution >= 4 is 39.3 Å². The maximum absolute atomic E-state index is 13.7. The third-order valence-corrected chi connectivity index (χ3v) is 3.82. The number of anilines is 1. The van der Waals surface area contributed by atoms with E-state index in [1.54, 1.807) is 18.2 Å². The summed E-state index contributed by atoms with van der Waals surface area (Å²) in [6, 6.07) is 11.7. The molecule has 2 nitrogen and oxygen atoms in total. The van der Waals surface area contributed by atoms with E-state index in [9.17, 15) is 9.18 Å². The molecule has 0 saturated carbocycles. The summed E-state index contributed by atoms with van der Waals surface area (Å²) in [6.45, 7) is 0. The van der Waals surface area contributed by atoms with Gasteiger partial charge >= 0.3 is 0 Å². The second kappa shape index (κ2) is 6.21. The van der Waals surface area contributed by atoms with E-state index in [-0.39, 0.29) is 11.6 Å². The van der Waals surface area contributed by atoms with Crippen molar-refractivity contribution in [1.82, 2.24) is 0 Å². The highest BCUT2D eigenvalue weighted by Crippen LogP contribution is 2.23. The summed E-state index contributed by atoms with van der Waals surface area (Å²) in [5.74, 6) is -0.782. The summed E-state index contributed by atoms with van der Waals surface area (Å²) < 4.78 is 14.3. The second-order valence-corrected chi connectivity index (χ2v) is 5.54. The molecule has 0 radical (unpaired) electrons. The molecule has 5 heteroatoms. The number of amides is 1. The molecule has 0 saturated heterocycles. The first kappa shape index (κ1) is 14.1. The zero-order chi connectivity index (χ0) is 13.8. The van der Waals surface area contributed by atoms with Gasteiger partial charge in [0.1, 0.15) is 5.82 Å². The molecule has 0 aliphatic rings. The predicted molar refractivity (Wildman–Crippen MR) is 80.3 cm³/mol. The number of carbonyl (C=O) groups excluding carboxylic acids is 1. The Balaban J connectivity index is 2.26. The largest absolute Gasteiger partial charge is 0.319 e. The molecule has 2 aromatic carbocycles. The molecule has 0 unspecified atom stereocenters. The van der Waals surface area contributed by atoms with Gasteiger partial charge in [-0.15, -0.1) is 11.8 Å². The molecular formula is C14H11BrFNOS. The molecule has 1 N–H and O–H groups in total. The van der Waals surface area contributed by atoms with E-state index in [4.69, 9.17) is 0 Å². The Bertz CT molecular complexity index is 618. The van der Waals surface area contributed by atoms with Crippen molar-refractivity contribution < 1.29 is 9.18 Å². The van der Waals surface area contributed by atoms with Gasteiger partial charge in [0.2, 0.25) is 0 Å². The molecule has 98 valence electrons. The topological polar surface area (TPSA) is 29.1 Å². The molecule has 0 heterocycles. The number of nitrogens with one attached hydrogen (secondary N) is 1. The van der Waals surface area contributed by atoms with Crippen molar-refractivity contribution in [3.8, 4) is 0 Å². The Morgan fingerprint density at radius 1 is 1.26 bits per heavy atom. The molecule has 2 aromatic rings. The van der Waals surface area contributed by atoms with Crippen LogP contribution in [0, 0.1) is 5.82 Å². The number of hydrogen-bond acceptors (Lipinski definition) is 2. The molecule has 0 aliphatic carbocycles. The van der Waals surface area contributed by atoms with Crippen molar-refractivity contribution in [2.45, 2.75) is 4.90 Å². The summed E-state index contributed by atoms with van der Waals surface area (Å²) in [7, 11) is 0. The Kier molecular flexibility index (Phi) is 4.61. The lowest BCUT2D eigenvalue weighted by molar-refractivity contribution is 0.102. The van der Waals surface area contributed by atoms with Crippen molar-refractivity contribution in [1.29, 1.82) is 0 Å². The molecule has 0 aromatic heterocycles. The smallest absolute Gasteiger partial charge is 0.256 e. The first-order valence-corrected chi connectivity index (χ1v) is 7.53. The summed E-state index contributed by atoms with van der Waals surface area (Å²) in [4.78, 5) is 13.0. The van der Waals surface area contributed by atoms with Crippen molar-refractivity contribution in [3.63, 3.8) is 0 Å². The standard InChI is InChI=1S/C14H11BrFNOS/c1-19-13-5-3-2-4-10(13)14(18)17-12-7-6-9(15)8-11(12)16/h2-8H,1H3,(H,17,18). The first-order chi connectivity index (χ1) is 9.11. The van der Waals surface area contributed by atoms with E-state index in [1.807, 2.05) is 18.4 Å². The fourth-order valence-corrected chi connectivity index (χ4v) is 2.54.